The highest BCUT2D eigenvalue weighted by Gasteiger charge is 2.23. The molecule has 0 aliphatic carbocycles. The normalized spacial score (nSPS) is 20.9. The molecule has 0 bridgehead atoms. The maximum absolute atomic E-state index is 13.2. The first-order chi connectivity index (χ1) is 8.58. The highest BCUT2D eigenvalue weighted by atomic mass is 79.9. The molecule has 0 aromatic heterocycles. The van der Waals surface area contributed by atoms with E-state index in [-0.39, 0.29) is 17.8 Å². The minimum absolute atomic E-state index is 0.0728. The van der Waals surface area contributed by atoms with Crippen molar-refractivity contribution in [3.8, 4) is 0 Å². The molecule has 1 fully saturated rings. The van der Waals surface area contributed by atoms with Gasteiger partial charge in [0.2, 0.25) is 5.91 Å². The lowest BCUT2D eigenvalue weighted by atomic mass is 10.2. The fraction of sp³-hybridized carbons (Fsp3) is 0.462. The average molecular weight is 315 g/mol. The largest absolute Gasteiger partial charge is 0.337 e. The van der Waals surface area contributed by atoms with E-state index < -0.39 is 0 Å². The minimum Gasteiger partial charge on any atom is -0.337 e. The number of nitrogens with one attached hydrogen (secondary N) is 1. The Balaban J connectivity index is 2.16. The minimum atomic E-state index is -0.276. The summed E-state index contributed by atoms with van der Waals surface area (Å²) >= 11 is 3.39. The number of carbonyl (C=O) groups excluding carboxylic acids is 1. The third-order valence-corrected chi connectivity index (χ3v) is 3.88. The zero-order valence-corrected chi connectivity index (χ0v) is 11.8. The van der Waals surface area contributed by atoms with Gasteiger partial charge >= 0.3 is 0 Å². The standard InChI is InChI=1S/C13H16BrFN2O/c1-9-13(18)17(6-2-5-16-9)8-10-7-11(15)3-4-12(10)14/h3-4,7,9,16H,2,5-6,8H2,1H3. The fourth-order valence-electron chi connectivity index (χ4n) is 2.09. The van der Waals surface area contributed by atoms with E-state index in [0.717, 1.165) is 23.0 Å². The summed E-state index contributed by atoms with van der Waals surface area (Å²) in [5.41, 5.74) is 0.803. The van der Waals surface area contributed by atoms with Crippen LogP contribution in [0.25, 0.3) is 0 Å². The molecule has 1 N–H and O–H groups in total. The van der Waals surface area contributed by atoms with E-state index in [0.29, 0.717) is 13.1 Å². The number of rotatable bonds is 2. The molecule has 0 radical (unpaired) electrons. The number of hydrogen-bond acceptors (Lipinski definition) is 2. The molecule has 2 rings (SSSR count). The lowest BCUT2D eigenvalue weighted by molar-refractivity contribution is -0.132. The monoisotopic (exact) mass is 314 g/mol. The number of carbonyl (C=O) groups is 1. The van der Waals surface area contributed by atoms with Crippen LogP contribution in [0.3, 0.4) is 0 Å². The molecular formula is C13H16BrFN2O. The summed E-state index contributed by atoms with van der Waals surface area (Å²) in [6.07, 6.45) is 0.920. The predicted octanol–water partition coefficient (Wildman–Crippen LogP) is 2.30. The van der Waals surface area contributed by atoms with Crippen LogP contribution < -0.4 is 5.32 Å². The Hall–Kier alpha value is -0.940. The van der Waals surface area contributed by atoms with Crippen molar-refractivity contribution in [1.82, 2.24) is 10.2 Å². The summed E-state index contributed by atoms with van der Waals surface area (Å²) in [5.74, 6) is -0.203. The van der Waals surface area contributed by atoms with Gasteiger partial charge in [0, 0.05) is 17.6 Å². The SMILES string of the molecule is CC1NCCCN(Cc2cc(F)ccc2Br)C1=O. The van der Waals surface area contributed by atoms with Crippen molar-refractivity contribution in [3.63, 3.8) is 0 Å². The summed E-state index contributed by atoms with van der Waals surface area (Å²) < 4.78 is 14.1. The third-order valence-electron chi connectivity index (χ3n) is 3.11. The molecule has 98 valence electrons. The summed E-state index contributed by atoms with van der Waals surface area (Å²) in [6.45, 7) is 3.86. The highest BCUT2D eigenvalue weighted by Crippen LogP contribution is 2.20. The maximum Gasteiger partial charge on any atom is 0.239 e. The van der Waals surface area contributed by atoms with Gasteiger partial charge in [0.15, 0.2) is 0 Å². The summed E-state index contributed by atoms with van der Waals surface area (Å²) in [5, 5.41) is 3.16. The molecule has 5 heteroatoms. The third kappa shape index (κ3) is 3.09. The molecule has 1 saturated heterocycles. The molecule has 1 aliphatic rings. The Morgan fingerprint density at radius 3 is 3.11 bits per heavy atom. The van der Waals surface area contributed by atoms with Crippen LogP contribution in [0, 0.1) is 5.82 Å². The number of amides is 1. The molecule has 1 unspecified atom stereocenters. The molecular weight excluding hydrogens is 299 g/mol. The average Bonchev–Trinajstić information content (AvgIpc) is 2.49. The summed E-state index contributed by atoms with van der Waals surface area (Å²) in [6, 6.07) is 4.39. The first kappa shape index (κ1) is 13.5. The van der Waals surface area contributed by atoms with E-state index in [1.807, 2.05) is 6.92 Å². The van der Waals surface area contributed by atoms with Crippen molar-refractivity contribution in [2.24, 2.45) is 0 Å². The van der Waals surface area contributed by atoms with Crippen LogP contribution >= 0.6 is 15.9 Å². The van der Waals surface area contributed by atoms with Crippen LogP contribution in [-0.4, -0.2) is 29.9 Å². The lowest BCUT2D eigenvalue weighted by Crippen LogP contribution is -2.41. The summed E-state index contributed by atoms with van der Waals surface area (Å²) in [4.78, 5) is 13.9. The van der Waals surface area contributed by atoms with Crippen LogP contribution in [0.15, 0.2) is 22.7 Å². The molecule has 1 aliphatic heterocycles. The number of benzene rings is 1. The lowest BCUT2D eigenvalue weighted by Gasteiger charge is -2.23. The summed E-state index contributed by atoms with van der Waals surface area (Å²) in [7, 11) is 0. The number of nitrogens with zero attached hydrogens (tertiary/aromatic N) is 1. The van der Waals surface area contributed by atoms with Gasteiger partial charge < -0.3 is 10.2 Å². The van der Waals surface area contributed by atoms with Crippen molar-refractivity contribution in [2.75, 3.05) is 13.1 Å². The van der Waals surface area contributed by atoms with Gasteiger partial charge in [-0.2, -0.15) is 0 Å². The van der Waals surface area contributed by atoms with Gasteiger partial charge in [0.05, 0.1) is 6.04 Å². The van der Waals surface area contributed by atoms with E-state index in [1.54, 1.807) is 11.0 Å². The van der Waals surface area contributed by atoms with Crippen LogP contribution in [0.5, 0.6) is 0 Å². The highest BCUT2D eigenvalue weighted by molar-refractivity contribution is 9.10. The van der Waals surface area contributed by atoms with E-state index in [4.69, 9.17) is 0 Å². The van der Waals surface area contributed by atoms with Crippen LogP contribution in [0.4, 0.5) is 4.39 Å². The van der Waals surface area contributed by atoms with Crippen molar-refractivity contribution in [3.05, 3.63) is 34.1 Å². The second-order valence-electron chi connectivity index (χ2n) is 4.52. The van der Waals surface area contributed by atoms with Gasteiger partial charge in [-0.1, -0.05) is 15.9 Å². The van der Waals surface area contributed by atoms with E-state index >= 15 is 0 Å². The molecule has 1 heterocycles. The molecule has 0 saturated carbocycles. The van der Waals surface area contributed by atoms with Crippen LogP contribution in [0.2, 0.25) is 0 Å². The van der Waals surface area contributed by atoms with Gasteiger partial charge in [-0.05, 0) is 43.7 Å². The molecule has 0 spiro atoms. The first-order valence-electron chi connectivity index (χ1n) is 6.04. The second kappa shape index (κ2) is 5.80. The Kier molecular flexibility index (Phi) is 4.35. The van der Waals surface area contributed by atoms with Gasteiger partial charge in [-0.3, -0.25) is 4.79 Å². The topological polar surface area (TPSA) is 32.3 Å². The maximum atomic E-state index is 13.2. The molecule has 1 aromatic carbocycles. The number of halogens is 2. The van der Waals surface area contributed by atoms with Crippen molar-refractivity contribution < 1.29 is 9.18 Å². The molecule has 1 aromatic rings. The van der Waals surface area contributed by atoms with Gasteiger partial charge in [0.1, 0.15) is 5.82 Å². The van der Waals surface area contributed by atoms with Crippen LogP contribution in [0.1, 0.15) is 18.9 Å². The smallest absolute Gasteiger partial charge is 0.239 e. The Morgan fingerprint density at radius 2 is 2.33 bits per heavy atom. The van der Waals surface area contributed by atoms with Gasteiger partial charge in [-0.25, -0.2) is 4.39 Å². The first-order valence-corrected chi connectivity index (χ1v) is 6.83. The fourth-order valence-corrected chi connectivity index (χ4v) is 2.46. The molecule has 1 atom stereocenters. The van der Waals surface area contributed by atoms with Crippen molar-refractivity contribution in [2.45, 2.75) is 25.9 Å². The Morgan fingerprint density at radius 1 is 1.56 bits per heavy atom. The Bertz CT molecular complexity index is 453. The van der Waals surface area contributed by atoms with Crippen LogP contribution in [-0.2, 0) is 11.3 Å². The number of hydrogen-bond donors (Lipinski definition) is 1. The molecule has 18 heavy (non-hydrogen) atoms. The van der Waals surface area contributed by atoms with E-state index in [2.05, 4.69) is 21.2 Å². The van der Waals surface area contributed by atoms with E-state index in [9.17, 15) is 9.18 Å². The van der Waals surface area contributed by atoms with Gasteiger partial charge in [0.25, 0.3) is 0 Å². The molecule has 3 nitrogen and oxygen atoms in total. The molecule has 1 amide bonds. The van der Waals surface area contributed by atoms with Crippen molar-refractivity contribution >= 4 is 21.8 Å². The predicted molar refractivity (Wildman–Crippen MR) is 71.6 cm³/mol. The zero-order valence-electron chi connectivity index (χ0n) is 10.2. The Labute approximate surface area is 114 Å². The van der Waals surface area contributed by atoms with E-state index in [1.165, 1.54) is 12.1 Å². The van der Waals surface area contributed by atoms with Crippen molar-refractivity contribution in [1.29, 1.82) is 0 Å². The quantitative estimate of drug-likeness (QED) is 0.908. The zero-order chi connectivity index (χ0) is 13.1. The van der Waals surface area contributed by atoms with Gasteiger partial charge in [-0.15, -0.1) is 0 Å². The second-order valence-corrected chi connectivity index (χ2v) is 5.38.